The molecule has 4 heterocycles. The molecule has 2 aromatic heterocycles. The molecule has 154 valence electrons. The molecule has 2 fully saturated rings. The van der Waals surface area contributed by atoms with E-state index in [9.17, 15) is 4.79 Å². The van der Waals surface area contributed by atoms with Gasteiger partial charge < -0.3 is 15.1 Å². The molecule has 1 N–H and O–H groups in total. The fourth-order valence-electron chi connectivity index (χ4n) is 4.47. The van der Waals surface area contributed by atoms with Crippen molar-refractivity contribution in [1.82, 2.24) is 19.9 Å². The molecule has 0 unspecified atom stereocenters. The lowest BCUT2D eigenvalue weighted by molar-refractivity contribution is -0.138. The molecule has 4 rings (SSSR count). The van der Waals surface area contributed by atoms with E-state index in [0.29, 0.717) is 6.42 Å². The third-order valence-electron chi connectivity index (χ3n) is 6.22. The zero-order valence-electron chi connectivity index (χ0n) is 17.2. The number of hydrogen-bond donors (Lipinski definition) is 1. The van der Waals surface area contributed by atoms with Crippen molar-refractivity contribution in [1.29, 1.82) is 0 Å². The van der Waals surface area contributed by atoms with Crippen LogP contribution in [0.25, 0.3) is 0 Å². The van der Waals surface area contributed by atoms with Crippen LogP contribution in [0.3, 0.4) is 0 Å². The number of hydrogen-bond acceptors (Lipinski definition) is 6. The highest BCUT2D eigenvalue weighted by Gasteiger charge is 2.41. The zero-order chi connectivity index (χ0) is 20.1. The Morgan fingerprint density at radius 3 is 2.72 bits per heavy atom. The number of likely N-dealkylation sites (tertiary alicyclic amines) is 1. The molecule has 0 radical (unpaired) electrons. The molecule has 0 atom stereocenters. The van der Waals surface area contributed by atoms with Gasteiger partial charge in [-0.2, -0.15) is 4.98 Å². The molecule has 7 heteroatoms. The molecule has 29 heavy (non-hydrogen) atoms. The maximum absolute atomic E-state index is 12.5. The minimum absolute atomic E-state index is 0.230. The molecule has 0 saturated carbocycles. The second-order valence-corrected chi connectivity index (χ2v) is 8.15. The smallest absolute Gasteiger partial charge is 0.227 e. The van der Waals surface area contributed by atoms with Gasteiger partial charge >= 0.3 is 0 Å². The van der Waals surface area contributed by atoms with Gasteiger partial charge in [-0.1, -0.05) is 6.07 Å². The van der Waals surface area contributed by atoms with Crippen molar-refractivity contribution in [2.45, 2.75) is 39.0 Å². The van der Waals surface area contributed by atoms with Crippen LogP contribution in [0.15, 0.2) is 36.7 Å². The Hall–Kier alpha value is -2.70. The summed E-state index contributed by atoms with van der Waals surface area (Å²) in [6.45, 7) is 6.42. The van der Waals surface area contributed by atoms with Gasteiger partial charge in [0.1, 0.15) is 5.82 Å². The van der Waals surface area contributed by atoms with Gasteiger partial charge in [0.2, 0.25) is 11.9 Å². The van der Waals surface area contributed by atoms with E-state index in [0.717, 1.165) is 75.9 Å². The number of pyridine rings is 1. The topological polar surface area (TPSA) is 74.2 Å². The average molecular weight is 395 g/mol. The summed E-state index contributed by atoms with van der Waals surface area (Å²) < 4.78 is 0. The molecule has 2 aliphatic heterocycles. The number of anilines is 2. The molecular formula is C22H30N6O. The quantitative estimate of drug-likeness (QED) is 0.812. The Morgan fingerprint density at radius 1 is 1.10 bits per heavy atom. The van der Waals surface area contributed by atoms with Crippen molar-refractivity contribution >= 4 is 17.7 Å². The Morgan fingerprint density at radius 2 is 1.97 bits per heavy atom. The number of rotatable bonds is 6. The Kier molecular flexibility index (Phi) is 5.92. The Balaban J connectivity index is 1.36. The Labute approximate surface area is 172 Å². The van der Waals surface area contributed by atoms with Gasteiger partial charge in [0.15, 0.2) is 0 Å². The number of piperidine rings is 2. The lowest BCUT2D eigenvalue weighted by Gasteiger charge is -2.47. The number of aromatic nitrogens is 3. The number of nitrogens with zero attached hydrogens (tertiary/aromatic N) is 5. The van der Waals surface area contributed by atoms with Crippen molar-refractivity contribution in [2.24, 2.45) is 5.41 Å². The highest BCUT2D eigenvalue weighted by atomic mass is 16.2. The molecule has 1 spiro atoms. The largest absolute Gasteiger partial charge is 0.370 e. The minimum atomic E-state index is 0.230. The molecule has 2 aliphatic rings. The second kappa shape index (κ2) is 8.76. The summed E-state index contributed by atoms with van der Waals surface area (Å²) in [6.07, 6.45) is 8.28. The predicted molar refractivity (Wildman–Crippen MR) is 114 cm³/mol. The third kappa shape index (κ3) is 4.66. The molecule has 1 amide bonds. The maximum atomic E-state index is 12.5. The summed E-state index contributed by atoms with van der Waals surface area (Å²) in [5.74, 6) is 1.97. The number of carbonyl (C=O) groups is 1. The van der Waals surface area contributed by atoms with Crippen molar-refractivity contribution in [2.75, 3.05) is 42.9 Å². The highest BCUT2D eigenvalue weighted by Crippen LogP contribution is 2.40. The van der Waals surface area contributed by atoms with Gasteiger partial charge in [0.05, 0.1) is 0 Å². The molecule has 2 saturated heterocycles. The normalized spacial score (nSPS) is 18.9. The second-order valence-electron chi connectivity index (χ2n) is 8.15. The predicted octanol–water partition coefficient (Wildman–Crippen LogP) is 2.76. The van der Waals surface area contributed by atoms with Crippen LogP contribution < -0.4 is 10.2 Å². The van der Waals surface area contributed by atoms with Gasteiger partial charge in [-0.3, -0.25) is 9.78 Å². The van der Waals surface area contributed by atoms with Crippen LogP contribution in [0, 0.1) is 5.41 Å². The van der Waals surface area contributed by atoms with Crippen molar-refractivity contribution in [3.05, 3.63) is 42.4 Å². The van der Waals surface area contributed by atoms with E-state index in [-0.39, 0.29) is 11.3 Å². The monoisotopic (exact) mass is 394 g/mol. The average Bonchev–Trinajstić information content (AvgIpc) is 2.76. The molecule has 7 nitrogen and oxygen atoms in total. The van der Waals surface area contributed by atoms with E-state index < -0.39 is 0 Å². The van der Waals surface area contributed by atoms with Crippen LogP contribution in [0.2, 0.25) is 0 Å². The van der Waals surface area contributed by atoms with Crippen LogP contribution in [-0.4, -0.2) is 58.5 Å². The summed E-state index contributed by atoms with van der Waals surface area (Å²) >= 11 is 0. The fraction of sp³-hybridized carbons (Fsp3) is 0.545. The standard InChI is InChI=1S/C22H30N6O/c1-2-23-19-7-13-25-21(26-19)27-15-10-22(11-16-27)9-6-20(29)28(17-22)14-8-18-5-3-4-12-24-18/h3-5,7,12-13H,2,6,8-11,14-17H2,1H3,(H,23,25,26). The van der Waals surface area contributed by atoms with Gasteiger partial charge in [-0.05, 0) is 49.8 Å². The van der Waals surface area contributed by atoms with Gasteiger partial charge in [-0.25, -0.2) is 4.98 Å². The van der Waals surface area contributed by atoms with Crippen molar-refractivity contribution in [3.63, 3.8) is 0 Å². The van der Waals surface area contributed by atoms with E-state index in [1.165, 1.54) is 0 Å². The number of nitrogens with one attached hydrogen (secondary N) is 1. The minimum Gasteiger partial charge on any atom is -0.370 e. The van der Waals surface area contributed by atoms with E-state index in [2.05, 4.69) is 37.0 Å². The first-order chi connectivity index (χ1) is 14.2. The van der Waals surface area contributed by atoms with Crippen LogP contribution in [0.5, 0.6) is 0 Å². The van der Waals surface area contributed by atoms with Crippen molar-refractivity contribution < 1.29 is 4.79 Å². The van der Waals surface area contributed by atoms with Crippen LogP contribution in [0.1, 0.15) is 38.3 Å². The van der Waals surface area contributed by atoms with Gasteiger partial charge in [0, 0.05) is 63.7 Å². The summed E-state index contributed by atoms with van der Waals surface area (Å²) in [7, 11) is 0. The molecule has 0 bridgehead atoms. The summed E-state index contributed by atoms with van der Waals surface area (Å²) in [5, 5.41) is 3.25. The SMILES string of the molecule is CCNc1ccnc(N2CCC3(CCC(=O)N(CCc4ccccn4)C3)CC2)n1. The molecule has 0 aromatic carbocycles. The fourth-order valence-corrected chi connectivity index (χ4v) is 4.47. The molecular weight excluding hydrogens is 364 g/mol. The zero-order valence-corrected chi connectivity index (χ0v) is 17.2. The van der Waals surface area contributed by atoms with E-state index >= 15 is 0 Å². The molecule has 2 aromatic rings. The van der Waals surface area contributed by atoms with E-state index in [4.69, 9.17) is 0 Å². The number of carbonyl (C=O) groups excluding carboxylic acids is 1. The van der Waals surface area contributed by atoms with Crippen LogP contribution in [0.4, 0.5) is 11.8 Å². The van der Waals surface area contributed by atoms with Gasteiger partial charge in [0.25, 0.3) is 0 Å². The maximum Gasteiger partial charge on any atom is 0.227 e. The summed E-state index contributed by atoms with van der Waals surface area (Å²) in [6, 6.07) is 7.87. The first kappa shape index (κ1) is 19.6. The third-order valence-corrected chi connectivity index (χ3v) is 6.22. The lowest BCUT2D eigenvalue weighted by atomic mass is 9.72. The van der Waals surface area contributed by atoms with Crippen LogP contribution >= 0.6 is 0 Å². The Bertz CT molecular complexity index is 819. The van der Waals surface area contributed by atoms with Crippen molar-refractivity contribution in [3.8, 4) is 0 Å². The lowest BCUT2D eigenvalue weighted by Crippen LogP contribution is -2.52. The first-order valence-corrected chi connectivity index (χ1v) is 10.7. The van der Waals surface area contributed by atoms with Gasteiger partial charge in [-0.15, -0.1) is 0 Å². The van der Waals surface area contributed by atoms with Crippen LogP contribution in [-0.2, 0) is 11.2 Å². The summed E-state index contributed by atoms with van der Waals surface area (Å²) in [4.78, 5) is 30.3. The summed E-state index contributed by atoms with van der Waals surface area (Å²) in [5.41, 5.74) is 1.28. The van der Waals surface area contributed by atoms with E-state index in [1.54, 1.807) is 0 Å². The van der Waals surface area contributed by atoms with E-state index in [1.807, 2.05) is 36.7 Å². The number of amides is 1. The first-order valence-electron chi connectivity index (χ1n) is 10.7. The highest BCUT2D eigenvalue weighted by molar-refractivity contribution is 5.77. The molecule has 0 aliphatic carbocycles.